The van der Waals surface area contributed by atoms with Crippen LogP contribution in [0.1, 0.15) is 80.6 Å². The molecule has 0 aliphatic carbocycles. The maximum atomic E-state index is 12.5. The lowest BCUT2D eigenvalue weighted by molar-refractivity contribution is -0.157. The third-order valence-electron chi connectivity index (χ3n) is 5.22. The fraction of sp³-hybridized carbons (Fsp3) is 0.900. The lowest BCUT2D eigenvalue weighted by atomic mass is 9.85. The highest BCUT2D eigenvalue weighted by Gasteiger charge is 2.42. The molecule has 0 unspecified atom stereocenters. The predicted molar refractivity (Wildman–Crippen MR) is 101 cm³/mol. The Labute approximate surface area is 153 Å². The molecule has 1 saturated heterocycles. The number of esters is 1. The van der Waals surface area contributed by atoms with Crippen LogP contribution in [0.3, 0.4) is 0 Å². The fourth-order valence-corrected chi connectivity index (χ4v) is 3.83. The molecular formula is C20H38N2O3. The van der Waals surface area contributed by atoms with Crippen LogP contribution in [0, 0.1) is 11.8 Å². The van der Waals surface area contributed by atoms with E-state index < -0.39 is 5.60 Å². The van der Waals surface area contributed by atoms with Crippen molar-refractivity contribution in [2.45, 2.75) is 104 Å². The van der Waals surface area contributed by atoms with Gasteiger partial charge in [-0.1, -0.05) is 40.0 Å². The Morgan fingerprint density at radius 2 is 1.80 bits per heavy atom. The molecule has 1 aliphatic heterocycles. The molecule has 0 bridgehead atoms. The van der Waals surface area contributed by atoms with Crippen molar-refractivity contribution in [3.8, 4) is 0 Å². The van der Waals surface area contributed by atoms with Gasteiger partial charge in [-0.2, -0.15) is 0 Å². The summed E-state index contributed by atoms with van der Waals surface area (Å²) in [6.07, 6.45) is 4.91. The van der Waals surface area contributed by atoms with E-state index in [1.54, 1.807) is 6.92 Å². The molecule has 5 nitrogen and oxygen atoms in total. The highest BCUT2D eigenvalue weighted by atomic mass is 16.6. The van der Waals surface area contributed by atoms with E-state index >= 15 is 0 Å². The SMILES string of the molecule is CCC(CC)C[C@H](NC(C)=O)[C@@H]1N[C@@H](C(=O)OC(C)(C)C)C[C@@H]1CC. The Morgan fingerprint density at radius 1 is 1.20 bits per heavy atom. The van der Waals surface area contributed by atoms with Crippen LogP contribution in [-0.4, -0.2) is 35.6 Å². The second kappa shape index (κ2) is 9.56. The lowest BCUT2D eigenvalue weighted by Gasteiger charge is -2.31. The Morgan fingerprint density at radius 3 is 2.24 bits per heavy atom. The molecule has 0 aromatic carbocycles. The summed E-state index contributed by atoms with van der Waals surface area (Å²) in [7, 11) is 0. The number of carbonyl (C=O) groups is 2. The van der Waals surface area contributed by atoms with Crippen molar-refractivity contribution in [3.05, 3.63) is 0 Å². The summed E-state index contributed by atoms with van der Waals surface area (Å²) in [6, 6.07) is -0.112. The van der Waals surface area contributed by atoms with Gasteiger partial charge >= 0.3 is 5.97 Å². The molecule has 5 heteroatoms. The number of hydrogen-bond donors (Lipinski definition) is 2. The summed E-state index contributed by atoms with van der Waals surface area (Å²) in [5.74, 6) is 0.756. The van der Waals surface area contributed by atoms with Crippen molar-refractivity contribution in [3.63, 3.8) is 0 Å². The molecule has 4 atom stereocenters. The fourth-order valence-electron chi connectivity index (χ4n) is 3.83. The maximum absolute atomic E-state index is 12.5. The van der Waals surface area contributed by atoms with Gasteiger partial charge in [-0.05, 0) is 45.4 Å². The molecule has 0 radical (unpaired) electrons. The molecular weight excluding hydrogens is 316 g/mol. The largest absolute Gasteiger partial charge is 0.459 e. The molecule has 25 heavy (non-hydrogen) atoms. The Balaban J connectivity index is 2.88. The van der Waals surface area contributed by atoms with Gasteiger partial charge < -0.3 is 10.1 Å². The minimum absolute atomic E-state index is 0.00618. The zero-order valence-electron chi connectivity index (χ0n) is 17.1. The van der Waals surface area contributed by atoms with Crippen molar-refractivity contribution in [1.29, 1.82) is 0 Å². The van der Waals surface area contributed by atoms with Crippen molar-refractivity contribution in [1.82, 2.24) is 10.6 Å². The van der Waals surface area contributed by atoms with E-state index in [4.69, 9.17) is 4.74 Å². The van der Waals surface area contributed by atoms with E-state index in [9.17, 15) is 9.59 Å². The summed E-state index contributed by atoms with van der Waals surface area (Å²) < 4.78 is 5.56. The molecule has 146 valence electrons. The summed E-state index contributed by atoms with van der Waals surface area (Å²) in [5.41, 5.74) is -0.481. The van der Waals surface area contributed by atoms with Crippen molar-refractivity contribution >= 4 is 11.9 Å². The van der Waals surface area contributed by atoms with Gasteiger partial charge in [0.15, 0.2) is 0 Å². The quantitative estimate of drug-likeness (QED) is 0.656. The van der Waals surface area contributed by atoms with Gasteiger partial charge in [0, 0.05) is 19.0 Å². The molecule has 1 aliphatic rings. The van der Waals surface area contributed by atoms with Gasteiger partial charge in [-0.3, -0.25) is 14.9 Å². The third-order valence-corrected chi connectivity index (χ3v) is 5.22. The van der Waals surface area contributed by atoms with Crippen molar-refractivity contribution in [2.75, 3.05) is 0 Å². The van der Waals surface area contributed by atoms with Crippen LogP contribution in [0.4, 0.5) is 0 Å². The number of carbonyl (C=O) groups excluding carboxylic acids is 2. The second-order valence-electron chi connectivity index (χ2n) is 8.41. The Bertz CT molecular complexity index is 441. The number of rotatable bonds is 8. The zero-order valence-corrected chi connectivity index (χ0v) is 17.1. The monoisotopic (exact) mass is 354 g/mol. The average Bonchev–Trinajstić information content (AvgIpc) is 2.93. The molecule has 0 aromatic rings. The van der Waals surface area contributed by atoms with Gasteiger partial charge in [0.25, 0.3) is 0 Å². The van der Waals surface area contributed by atoms with Crippen molar-refractivity contribution in [2.24, 2.45) is 11.8 Å². The standard InChI is InChI=1S/C20H38N2O3/c1-8-14(9-2)11-16(21-13(4)23)18-15(10-3)12-17(22-18)19(24)25-20(5,6)7/h14-18,22H,8-12H2,1-7H3,(H,21,23)/t15-,16-,17+,18+/m0/s1. The first kappa shape index (κ1) is 21.9. The molecule has 1 amide bonds. The maximum Gasteiger partial charge on any atom is 0.323 e. The van der Waals surface area contributed by atoms with E-state index in [0.717, 1.165) is 32.1 Å². The smallest absolute Gasteiger partial charge is 0.323 e. The molecule has 0 saturated carbocycles. The van der Waals surface area contributed by atoms with Gasteiger partial charge in [-0.15, -0.1) is 0 Å². The third kappa shape index (κ3) is 6.96. The second-order valence-corrected chi connectivity index (χ2v) is 8.41. The average molecular weight is 355 g/mol. The van der Waals surface area contributed by atoms with Crippen LogP contribution in [-0.2, 0) is 14.3 Å². The van der Waals surface area contributed by atoms with Crippen LogP contribution in [0.15, 0.2) is 0 Å². The zero-order chi connectivity index (χ0) is 19.2. The molecule has 1 heterocycles. The molecule has 0 aromatic heterocycles. The van der Waals surface area contributed by atoms with E-state index in [1.165, 1.54) is 0 Å². The van der Waals surface area contributed by atoms with Gasteiger partial charge in [0.2, 0.25) is 5.91 Å². The van der Waals surface area contributed by atoms with Gasteiger partial charge in [0.05, 0.1) is 0 Å². The Kier molecular flexibility index (Phi) is 8.39. The van der Waals surface area contributed by atoms with Crippen LogP contribution in [0.5, 0.6) is 0 Å². The summed E-state index contributed by atoms with van der Waals surface area (Å²) >= 11 is 0. The summed E-state index contributed by atoms with van der Waals surface area (Å²) in [6.45, 7) is 13.8. The molecule has 1 fully saturated rings. The lowest BCUT2D eigenvalue weighted by Crippen LogP contribution is -2.52. The highest BCUT2D eigenvalue weighted by molar-refractivity contribution is 5.77. The minimum atomic E-state index is -0.481. The number of amides is 1. The van der Waals surface area contributed by atoms with Gasteiger partial charge in [0.1, 0.15) is 11.6 Å². The number of ether oxygens (including phenoxy) is 1. The summed E-state index contributed by atoms with van der Waals surface area (Å²) in [4.78, 5) is 24.2. The predicted octanol–water partition coefficient (Wildman–Crippen LogP) is 3.42. The normalized spacial score (nSPS) is 25.0. The van der Waals surface area contributed by atoms with Crippen molar-refractivity contribution < 1.29 is 14.3 Å². The van der Waals surface area contributed by atoms with Crippen LogP contribution >= 0.6 is 0 Å². The van der Waals surface area contributed by atoms with E-state index in [-0.39, 0.29) is 30.0 Å². The molecule has 1 rings (SSSR count). The van der Waals surface area contributed by atoms with E-state index in [1.807, 2.05) is 20.8 Å². The van der Waals surface area contributed by atoms with Crippen LogP contribution in [0.2, 0.25) is 0 Å². The van der Waals surface area contributed by atoms with E-state index in [2.05, 4.69) is 31.4 Å². The Hall–Kier alpha value is -1.10. The number of hydrogen-bond acceptors (Lipinski definition) is 4. The first-order valence-electron chi connectivity index (χ1n) is 9.87. The first-order valence-corrected chi connectivity index (χ1v) is 9.87. The number of nitrogens with one attached hydrogen (secondary N) is 2. The topological polar surface area (TPSA) is 67.4 Å². The van der Waals surface area contributed by atoms with Gasteiger partial charge in [-0.25, -0.2) is 0 Å². The highest BCUT2D eigenvalue weighted by Crippen LogP contribution is 2.30. The molecule has 2 N–H and O–H groups in total. The van der Waals surface area contributed by atoms with Crippen LogP contribution in [0.25, 0.3) is 0 Å². The van der Waals surface area contributed by atoms with E-state index in [0.29, 0.717) is 11.8 Å². The summed E-state index contributed by atoms with van der Waals surface area (Å²) in [5, 5.41) is 6.62. The molecule has 0 spiro atoms. The first-order chi connectivity index (χ1) is 11.6. The minimum Gasteiger partial charge on any atom is -0.459 e. The van der Waals surface area contributed by atoms with Crippen LogP contribution < -0.4 is 10.6 Å².